The lowest BCUT2D eigenvalue weighted by Gasteiger charge is -2.34. The number of rotatable bonds is 3. The number of hydrogen-bond donors (Lipinski definition) is 1. The van der Waals surface area contributed by atoms with Gasteiger partial charge in [0.1, 0.15) is 11.5 Å². The van der Waals surface area contributed by atoms with Crippen molar-refractivity contribution < 1.29 is 9.18 Å². The molecule has 1 aromatic carbocycles. The van der Waals surface area contributed by atoms with E-state index in [2.05, 4.69) is 9.88 Å². The molecule has 1 amide bonds. The van der Waals surface area contributed by atoms with Crippen LogP contribution in [0.1, 0.15) is 16.1 Å². The standard InChI is InChI=1S/C16H17ClFN3O/c17-14-10-13(18)4-3-12(14)11-20-6-8-21(9-7-20)16(22)15-2-1-5-19-15/h1-5,10,19H,6-9,11H2. The van der Waals surface area contributed by atoms with Crippen LogP contribution in [-0.2, 0) is 6.54 Å². The Hall–Kier alpha value is -1.85. The normalized spacial score (nSPS) is 16.0. The molecule has 0 spiro atoms. The maximum Gasteiger partial charge on any atom is 0.270 e. The van der Waals surface area contributed by atoms with E-state index in [0.29, 0.717) is 30.4 Å². The lowest BCUT2D eigenvalue weighted by Crippen LogP contribution is -2.48. The van der Waals surface area contributed by atoms with Crippen LogP contribution in [0.3, 0.4) is 0 Å². The number of amides is 1. The molecule has 1 saturated heterocycles. The summed E-state index contributed by atoms with van der Waals surface area (Å²) in [7, 11) is 0. The van der Waals surface area contributed by atoms with E-state index in [1.54, 1.807) is 18.3 Å². The second-order valence-electron chi connectivity index (χ2n) is 5.39. The average molecular weight is 322 g/mol. The van der Waals surface area contributed by atoms with Crippen LogP contribution in [-0.4, -0.2) is 46.9 Å². The van der Waals surface area contributed by atoms with Crippen LogP contribution < -0.4 is 0 Å². The number of halogens is 2. The van der Waals surface area contributed by atoms with Gasteiger partial charge in [-0.05, 0) is 29.8 Å². The van der Waals surface area contributed by atoms with E-state index in [9.17, 15) is 9.18 Å². The van der Waals surface area contributed by atoms with Gasteiger partial charge in [0.25, 0.3) is 5.91 Å². The van der Waals surface area contributed by atoms with Crippen LogP contribution >= 0.6 is 11.6 Å². The molecule has 0 aliphatic carbocycles. The Morgan fingerprint density at radius 1 is 1.23 bits per heavy atom. The molecule has 1 fully saturated rings. The highest BCUT2D eigenvalue weighted by atomic mass is 35.5. The minimum Gasteiger partial charge on any atom is -0.357 e. The van der Waals surface area contributed by atoms with E-state index in [0.717, 1.165) is 18.7 Å². The van der Waals surface area contributed by atoms with Gasteiger partial charge in [-0.2, -0.15) is 0 Å². The summed E-state index contributed by atoms with van der Waals surface area (Å²) in [6, 6.07) is 8.08. The molecule has 1 aromatic heterocycles. The van der Waals surface area contributed by atoms with Crippen molar-refractivity contribution in [2.45, 2.75) is 6.54 Å². The zero-order valence-corrected chi connectivity index (χ0v) is 12.8. The van der Waals surface area contributed by atoms with Gasteiger partial charge in [0.15, 0.2) is 0 Å². The maximum atomic E-state index is 13.1. The van der Waals surface area contributed by atoms with Gasteiger partial charge in [-0.3, -0.25) is 9.69 Å². The molecule has 0 bridgehead atoms. The van der Waals surface area contributed by atoms with Crippen molar-refractivity contribution in [1.82, 2.24) is 14.8 Å². The number of carbonyl (C=O) groups is 1. The second-order valence-corrected chi connectivity index (χ2v) is 5.80. The molecule has 0 unspecified atom stereocenters. The molecule has 6 heteroatoms. The Balaban J connectivity index is 1.56. The zero-order valence-electron chi connectivity index (χ0n) is 12.1. The second kappa shape index (κ2) is 6.50. The van der Waals surface area contributed by atoms with Gasteiger partial charge in [-0.25, -0.2) is 4.39 Å². The molecule has 22 heavy (non-hydrogen) atoms. The molecule has 116 valence electrons. The van der Waals surface area contributed by atoms with Gasteiger partial charge in [0, 0.05) is 43.9 Å². The van der Waals surface area contributed by atoms with Crippen molar-refractivity contribution >= 4 is 17.5 Å². The Labute approximate surface area is 133 Å². The van der Waals surface area contributed by atoms with E-state index in [1.807, 2.05) is 11.0 Å². The third-order valence-electron chi connectivity index (χ3n) is 3.90. The monoisotopic (exact) mass is 321 g/mol. The molecule has 1 aliphatic rings. The highest BCUT2D eigenvalue weighted by molar-refractivity contribution is 6.31. The van der Waals surface area contributed by atoms with Crippen molar-refractivity contribution in [3.63, 3.8) is 0 Å². The van der Waals surface area contributed by atoms with Crippen LogP contribution in [0.15, 0.2) is 36.5 Å². The first kappa shape index (κ1) is 15.1. The fourth-order valence-corrected chi connectivity index (χ4v) is 2.86. The molecular weight excluding hydrogens is 305 g/mol. The van der Waals surface area contributed by atoms with Gasteiger partial charge in [-0.15, -0.1) is 0 Å². The van der Waals surface area contributed by atoms with Crippen molar-refractivity contribution in [3.05, 3.63) is 58.6 Å². The average Bonchev–Trinajstić information content (AvgIpc) is 3.04. The fourth-order valence-electron chi connectivity index (χ4n) is 2.63. The van der Waals surface area contributed by atoms with E-state index < -0.39 is 0 Å². The highest BCUT2D eigenvalue weighted by Gasteiger charge is 2.22. The predicted molar refractivity (Wildman–Crippen MR) is 83.4 cm³/mol. The van der Waals surface area contributed by atoms with Crippen molar-refractivity contribution in [2.24, 2.45) is 0 Å². The molecule has 0 radical (unpaired) electrons. The van der Waals surface area contributed by atoms with E-state index >= 15 is 0 Å². The first-order valence-corrected chi connectivity index (χ1v) is 7.60. The van der Waals surface area contributed by atoms with Crippen molar-refractivity contribution in [3.8, 4) is 0 Å². The minimum atomic E-state index is -0.324. The van der Waals surface area contributed by atoms with Crippen LogP contribution in [0.2, 0.25) is 5.02 Å². The number of hydrogen-bond acceptors (Lipinski definition) is 2. The predicted octanol–water partition coefficient (Wildman–Crippen LogP) is 2.77. The highest BCUT2D eigenvalue weighted by Crippen LogP contribution is 2.20. The summed E-state index contributed by atoms with van der Waals surface area (Å²) in [6.45, 7) is 3.58. The van der Waals surface area contributed by atoms with E-state index in [-0.39, 0.29) is 11.7 Å². The van der Waals surface area contributed by atoms with Crippen LogP contribution in [0.5, 0.6) is 0 Å². The molecule has 2 aromatic rings. The van der Waals surface area contributed by atoms with E-state index in [4.69, 9.17) is 11.6 Å². The topological polar surface area (TPSA) is 39.3 Å². The maximum absolute atomic E-state index is 13.1. The van der Waals surface area contributed by atoms with Gasteiger partial charge < -0.3 is 9.88 Å². The summed E-state index contributed by atoms with van der Waals surface area (Å²) < 4.78 is 13.1. The Morgan fingerprint density at radius 2 is 2.00 bits per heavy atom. The molecular formula is C16H17ClFN3O. The lowest BCUT2D eigenvalue weighted by atomic mass is 10.2. The number of benzene rings is 1. The number of aromatic amines is 1. The number of aromatic nitrogens is 1. The summed E-state index contributed by atoms with van der Waals surface area (Å²) in [5.74, 6) is -0.292. The molecule has 3 rings (SSSR count). The third-order valence-corrected chi connectivity index (χ3v) is 4.25. The Bertz CT molecular complexity index is 651. The third kappa shape index (κ3) is 3.31. The first-order chi connectivity index (χ1) is 10.6. The summed E-state index contributed by atoms with van der Waals surface area (Å²) in [6.07, 6.45) is 1.75. The summed E-state index contributed by atoms with van der Waals surface area (Å²) >= 11 is 6.06. The molecule has 1 N–H and O–H groups in total. The number of nitrogens with zero attached hydrogens (tertiary/aromatic N) is 2. The quantitative estimate of drug-likeness (QED) is 0.944. The van der Waals surface area contributed by atoms with Crippen LogP contribution in [0.25, 0.3) is 0 Å². The molecule has 0 atom stereocenters. The molecule has 4 nitrogen and oxygen atoms in total. The lowest BCUT2D eigenvalue weighted by molar-refractivity contribution is 0.0623. The van der Waals surface area contributed by atoms with Gasteiger partial charge >= 0.3 is 0 Å². The zero-order chi connectivity index (χ0) is 15.5. The summed E-state index contributed by atoms with van der Waals surface area (Å²) in [5.41, 5.74) is 1.53. The van der Waals surface area contributed by atoms with Crippen molar-refractivity contribution in [1.29, 1.82) is 0 Å². The number of piperazine rings is 1. The van der Waals surface area contributed by atoms with Crippen LogP contribution in [0, 0.1) is 5.82 Å². The van der Waals surface area contributed by atoms with Gasteiger partial charge in [0.2, 0.25) is 0 Å². The number of H-pyrrole nitrogens is 1. The smallest absolute Gasteiger partial charge is 0.270 e. The van der Waals surface area contributed by atoms with Crippen LogP contribution in [0.4, 0.5) is 4.39 Å². The van der Waals surface area contributed by atoms with E-state index in [1.165, 1.54) is 12.1 Å². The summed E-state index contributed by atoms with van der Waals surface area (Å²) in [5, 5.41) is 0.449. The molecule has 2 heterocycles. The molecule has 1 aliphatic heterocycles. The SMILES string of the molecule is O=C(c1ccc[nH]1)N1CCN(Cc2ccc(F)cc2Cl)CC1. The van der Waals surface area contributed by atoms with Gasteiger partial charge in [-0.1, -0.05) is 17.7 Å². The summed E-state index contributed by atoms with van der Waals surface area (Å²) in [4.78, 5) is 19.2. The Kier molecular flexibility index (Phi) is 4.45. The number of carbonyl (C=O) groups excluding carboxylic acids is 1. The fraction of sp³-hybridized carbons (Fsp3) is 0.312. The largest absolute Gasteiger partial charge is 0.357 e. The van der Waals surface area contributed by atoms with Gasteiger partial charge in [0.05, 0.1) is 0 Å². The molecule has 0 saturated carbocycles. The minimum absolute atomic E-state index is 0.0319. The Morgan fingerprint density at radius 3 is 2.64 bits per heavy atom. The number of nitrogens with one attached hydrogen (secondary N) is 1. The van der Waals surface area contributed by atoms with Crippen molar-refractivity contribution in [2.75, 3.05) is 26.2 Å². The first-order valence-electron chi connectivity index (χ1n) is 7.22.